The predicted molar refractivity (Wildman–Crippen MR) is 273 cm³/mol. The molecule has 0 nitrogen and oxygen atoms in total. The van der Waals surface area contributed by atoms with Crippen molar-refractivity contribution >= 4 is 33.2 Å². The largest absolute Gasteiger partial charge is 0.0622 e. The Kier molecular flexibility index (Phi) is 8.65. The third-order valence-electron chi connectivity index (χ3n) is 14.5. The van der Waals surface area contributed by atoms with Crippen LogP contribution in [0.1, 0.15) is 66.6 Å². The van der Waals surface area contributed by atoms with Gasteiger partial charge in [-0.2, -0.15) is 0 Å². The van der Waals surface area contributed by atoms with Crippen LogP contribution in [0.25, 0.3) is 88.8 Å². The molecule has 304 valence electrons. The Morgan fingerprint density at radius 1 is 0.312 bits per heavy atom. The Hall–Kier alpha value is -7.54. The molecule has 0 aromatic heterocycles. The highest BCUT2D eigenvalue weighted by molar-refractivity contribution is 6.23. The Morgan fingerprint density at radius 2 is 0.797 bits per heavy atom. The van der Waals surface area contributed by atoms with Crippen LogP contribution >= 0.6 is 0 Å². The maximum absolute atomic E-state index is 2.49. The molecular weight excluding hydrogens is 769 g/mol. The first kappa shape index (κ1) is 38.2. The van der Waals surface area contributed by atoms with Crippen molar-refractivity contribution in [2.24, 2.45) is 0 Å². The van der Waals surface area contributed by atoms with E-state index in [1.165, 1.54) is 122 Å². The summed E-state index contributed by atoms with van der Waals surface area (Å²) in [6.45, 7) is 9.51. The van der Waals surface area contributed by atoms with Crippen molar-refractivity contribution in [1.29, 1.82) is 0 Å². The molecule has 2 aliphatic rings. The summed E-state index contributed by atoms with van der Waals surface area (Å²) in [6, 6.07) is 79.2. The van der Waals surface area contributed by atoms with Gasteiger partial charge in [0.05, 0.1) is 0 Å². The zero-order valence-electron chi connectivity index (χ0n) is 36.8. The van der Waals surface area contributed by atoms with Crippen LogP contribution in [0.5, 0.6) is 0 Å². The molecule has 0 saturated heterocycles. The molecule has 0 heterocycles. The van der Waals surface area contributed by atoms with Gasteiger partial charge in [0.2, 0.25) is 0 Å². The molecule has 0 atom stereocenters. The van der Waals surface area contributed by atoms with Crippen LogP contribution in [0.15, 0.2) is 212 Å². The summed E-state index contributed by atoms with van der Waals surface area (Å²) in [6.07, 6.45) is 2.33. The third-order valence-corrected chi connectivity index (χ3v) is 14.5. The fraction of sp³-hybridized carbons (Fsp3) is 0.0938. The van der Waals surface area contributed by atoms with Crippen molar-refractivity contribution in [3.63, 3.8) is 0 Å². The van der Waals surface area contributed by atoms with Crippen LogP contribution in [0.4, 0.5) is 0 Å². The fourth-order valence-corrected chi connectivity index (χ4v) is 11.3. The van der Waals surface area contributed by atoms with Gasteiger partial charge < -0.3 is 0 Å². The molecule has 0 spiro atoms. The lowest BCUT2D eigenvalue weighted by atomic mass is 9.80. The van der Waals surface area contributed by atoms with Gasteiger partial charge in [-0.05, 0) is 140 Å². The van der Waals surface area contributed by atoms with Gasteiger partial charge in [0.1, 0.15) is 0 Å². The molecule has 10 aromatic rings. The summed E-state index contributed by atoms with van der Waals surface area (Å²) < 4.78 is 0. The smallest absolute Gasteiger partial charge is 0.0159 e. The molecule has 0 N–H and O–H groups in total. The van der Waals surface area contributed by atoms with Crippen LogP contribution < -0.4 is 0 Å². The topological polar surface area (TPSA) is 0 Å². The first-order valence-electron chi connectivity index (χ1n) is 22.7. The van der Waals surface area contributed by atoms with Crippen molar-refractivity contribution < 1.29 is 0 Å². The Labute approximate surface area is 376 Å². The number of benzene rings is 10. The second kappa shape index (κ2) is 14.5. The molecule has 0 unspecified atom stereocenters. The second-order valence-corrected chi connectivity index (χ2v) is 18.8. The minimum Gasteiger partial charge on any atom is -0.0622 e. The standard InChI is InChI=1S/C64H48/c1-63(2)57-28-16-14-25-52(57)62-53(26-17-29-58(62)63)61-50-24-12-11-23-49(50)60(44-32-30-41(31-33-44)38-54(42-18-7-5-8-19-42)43-20-9-6-10-21-43)51-37-35-45(39-55(51)61)46-34-36-48-47-22-13-15-27-56(47)64(3,4)59(48)40-46/h5-40H,1-4H3. The quantitative estimate of drug-likeness (QED) is 0.116. The zero-order valence-corrected chi connectivity index (χ0v) is 36.8. The number of hydrogen-bond acceptors (Lipinski definition) is 0. The van der Waals surface area contributed by atoms with Crippen molar-refractivity contribution in [3.05, 3.63) is 251 Å². The lowest BCUT2D eigenvalue weighted by molar-refractivity contribution is 0.660. The Balaban J connectivity index is 1.09. The molecule has 0 bridgehead atoms. The highest BCUT2D eigenvalue weighted by atomic mass is 14.4. The first-order chi connectivity index (χ1) is 31.3. The average Bonchev–Trinajstić information content (AvgIpc) is 3.72. The van der Waals surface area contributed by atoms with E-state index in [4.69, 9.17) is 0 Å². The maximum atomic E-state index is 2.49. The van der Waals surface area contributed by atoms with Crippen LogP contribution in [-0.4, -0.2) is 0 Å². The Bertz CT molecular complexity index is 3470. The molecule has 64 heavy (non-hydrogen) atoms. The van der Waals surface area contributed by atoms with E-state index < -0.39 is 0 Å². The Morgan fingerprint density at radius 3 is 1.50 bits per heavy atom. The summed E-state index contributed by atoms with van der Waals surface area (Å²) in [4.78, 5) is 0. The number of hydrogen-bond donors (Lipinski definition) is 0. The molecule has 0 radical (unpaired) electrons. The van der Waals surface area contributed by atoms with E-state index in [1.807, 2.05) is 0 Å². The third kappa shape index (κ3) is 5.83. The molecule has 0 heteroatoms. The SMILES string of the molecule is CC1(C)c2ccccc2-c2ccc(-c3ccc4c(-c5ccc(C=C(c6ccccc6)c6ccccc6)cc5)c5ccccc5c(-c5cccc6c5-c5ccccc5C6(C)C)c4c3)cc21. The molecule has 10 aromatic carbocycles. The highest BCUT2D eigenvalue weighted by Gasteiger charge is 2.38. The minimum absolute atomic E-state index is 0.0809. The molecule has 0 saturated carbocycles. The molecule has 12 rings (SSSR count). The second-order valence-electron chi connectivity index (χ2n) is 18.8. The van der Waals surface area contributed by atoms with E-state index in [9.17, 15) is 0 Å². The van der Waals surface area contributed by atoms with Gasteiger partial charge in [-0.3, -0.25) is 0 Å². The van der Waals surface area contributed by atoms with Crippen LogP contribution in [0.3, 0.4) is 0 Å². The molecule has 2 aliphatic carbocycles. The summed E-state index contributed by atoms with van der Waals surface area (Å²) in [7, 11) is 0. The van der Waals surface area contributed by atoms with E-state index in [-0.39, 0.29) is 10.8 Å². The fourth-order valence-electron chi connectivity index (χ4n) is 11.3. The van der Waals surface area contributed by atoms with Crippen molar-refractivity contribution in [2.75, 3.05) is 0 Å². The first-order valence-corrected chi connectivity index (χ1v) is 22.7. The number of rotatable bonds is 6. The summed E-state index contributed by atoms with van der Waals surface area (Å²) in [5.74, 6) is 0. The van der Waals surface area contributed by atoms with Crippen molar-refractivity contribution in [1.82, 2.24) is 0 Å². The van der Waals surface area contributed by atoms with Gasteiger partial charge in [-0.15, -0.1) is 0 Å². The van der Waals surface area contributed by atoms with E-state index in [0.717, 1.165) is 0 Å². The van der Waals surface area contributed by atoms with E-state index >= 15 is 0 Å². The molecular formula is C64H48. The highest BCUT2D eigenvalue weighted by Crippen LogP contribution is 2.55. The van der Waals surface area contributed by atoms with Crippen LogP contribution in [0.2, 0.25) is 0 Å². The number of fused-ring (bicyclic) bond motifs is 8. The monoisotopic (exact) mass is 816 g/mol. The van der Waals surface area contributed by atoms with Gasteiger partial charge in [0.15, 0.2) is 0 Å². The lowest BCUT2D eigenvalue weighted by Gasteiger charge is -2.23. The molecule has 0 aliphatic heterocycles. The van der Waals surface area contributed by atoms with Gasteiger partial charge in [-0.1, -0.05) is 228 Å². The van der Waals surface area contributed by atoms with E-state index in [1.54, 1.807) is 0 Å². The van der Waals surface area contributed by atoms with Crippen molar-refractivity contribution in [3.8, 4) is 55.6 Å². The van der Waals surface area contributed by atoms with Crippen molar-refractivity contribution in [2.45, 2.75) is 38.5 Å². The average molecular weight is 817 g/mol. The van der Waals surface area contributed by atoms with E-state index in [2.05, 4.69) is 246 Å². The summed E-state index contributed by atoms with van der Waals surface area (Å²) in [5.41, 5.74) is 23.1. The predicted octanol–water partition coefficient (Wildman–Crippen LogP) is 17.2. The summed E-state index contributed by atoms with van der Waals surface area (Å²) in [5, 5.41) is 5.05. The molecule has 0 amide bonds. The van der Waals surface area contributed by atoms with E-state index in [0.29, 0.717) is 0 Å². The van der Waals surface area contributed by atoms with Gasteiger partial charge in [-0.25, -0.2) is 0 Å². The zero-order chi connectivity index (χ0) is 43.2. The maximum Gasteiger partial charge on any atom is 0.0159 e. The van der Waals surface area contributed by atoms with Crippen LogP contribution in [-0.2, 0) is 10.8 Å². The van der Waals surface area contributed by atoms with Crippen LogP contribution in [0, 0.1) is 0 Å². The van der Waals surface area contributed by atoms with Gasteiger partial charge >= 0.3 is 0 Å². The molecule has 0 fully saturated rings. The minimum atomic E-state index is -0.107. The normalized spacial score (nSPS) is 13.9. The van der Waals surface area contributed by atoms with Gasteiger partial charge in [0, 0.05) is 10.8 Å². The van der Waals surface area contributed by atoms with Gasteiger partial charge in [0.25, 0.3) is 0 Å². The lowest BCUT2D eigenvalue weighted by Crippen LogP contribution is -2.14. The summed E-state index contributed by atoms with van der Waals surface area (Å²) >= 11 is 0.